The summed E-state index contributed by atoms with van der Waals surface area (Å²) in [6.45, 7) is 4.12. The first-order chi connectivity index (χ1) is 12.4. The second-order valence-electron chi connectivity index (χ2n) is 7.31. The SMILES string of the molecule is CCCCCCCCCCN1C(=O)C(O)(CC(C)=O)c2cccc(Cl)c21. The Morgan fingerprint density at radius 2 is 1.73 bits per heavy atom. The van der Waals surface area contributed by atoms with E-state index < -0.39 is 11.5 Å². The number of amides is 1. The van der Waals surface area contributed by atoms with Crippen molar-refractivity contribution in [1.29, 1.82) is 0 Å². The smallest absolute Gasteiger partial charge is 0.264 e. The Morgan fingerprint density at radius 3 is 2.35 bits per heavy atom. The van der Waals surface area contributed by atoms with Crippen LogP contribution in [0.25, 0.3) is 0 Å². The molecule has 1 N–H and O–H groups in total. The minimum absolute atomic E-state index is 0.215. The van der Waals surface area contributed by atoms with Crippen molar-refractivity contribution in [2.45, 2.75) is 77.2 Å². The summed E-state index contributed by atoms with van der Waals surface area (Å²) in [4.78, 5) is 26.0. The molecule has 0 bridgehead atoms. The normalized spacial score (nSPS) is 19.1. The van der Waals surface area contributed by atoms with Crippen LogP contribution in [0, 0.1) is 0 Å². The molecule has 5 heteroatoms. The van der Waals surface area contributed by atoms with Gasteiger partial charge in [-0.1, -0.05) is 75.6 Å². The number of unbranched alkanes of at least 4 members (excludes halogenated alkanes) is 7. The van der Waals surface area contributed by atoms with E-state index in [9.17, 15) is 14.7 Å². The van der Waals surface area contributed by atoms with Gasteiger partial charge in [0.05, 0.1) is 10.7 Å². The molecule has 0 saturated carbocycles. The van der Waals surface area contributed by atoms with Crippen LogP contribution in [0.5, 0.6) is 0 Å². The molecule has 2 rings (SSSR count). The Morgan fingerprint density at radius 1 is 1.12 bits per heavy atom. The van der Waals surface area contributed by atoms with E-state index in [0.717, 1.165) is 19.3 Å². The zero-order valence-electron chi connectivity index (χ0n) is 15.9. The lowest BCUT2D eigenvalue weighted by Crippen LogP contribution is -2.42. The van der Waals surface area contributed by atoms with Crippen molar-refractivity contribution in [2.24, 2.45) is 0 Å². The predicted octanol–water partition coefficient (Wildman–Crippen LogP) is 4.99. The van der Waals surface area contributed by atoms with Gasteiger partial charge < -0.3 is 10.0 Å². The maximum Gasteiger partial charge on any atom is 0.264 e. The van der Waals surface area contributed by atoms with Gasteiger partial charge in [-0.05, 0) is 19.4 Å². The van der Waals surface area contributed by atoms with Crippen LogP contribution < -0.4 is 4.90 Å². The third-order valence-corrected chi connectivity index (χ3v) is 5.35. The van der Waals surface area contributed by atoms with E-state index in [1.807, 2.05) is 0 Å². The molecule has 1 aromatic carbocycles. The lowest BCUT2D eigenvalue weighted by atomic mass is 9.90. The van der Waals surface area contributed by atoms with Gasteiger partial charge in [0, 0.05) is 18.5 Å². The summed E-state index contributed by atoms with van der Waals surface area (Å²) in [7, 11) is 0. The minimum atomic E-state index is -1.79. The van der Waals surface area contributed by atoms with Crippen LogP contribution in [0.15, 0.2) is 18.2 Å². The first-order valence-corrected chi connectivity index (χ1v) is 10.1. The fraction of sp³-hybridized carbons (Fsp3) is 0.619. The molecule has 1 aliphatic heterocycles. The summed E-state index contributed by atoms with van der Waals surface area (Å²) in [5.74, 6) is -0.653. The largest absolute Gasteiger partial charge is 0.375 e. The number of carbonyl (C=O) groups is 2. The summed E-state index contributed by atoms with van der Waals surface area (Å²) in [6.07, 6.45) is 9.17. The summed E-state index contributed by atoms with van der Waals surface area (Å²) >= 11 is 6.31. The molecule has 1 aliphatic rings. The van der Waals surface area contributed by atoms with Crippen LogP contribution in [0.4, 0.5) is 5.69 Å². The Bertz CT molecular complexity index is 646. The van der Waals surface area contributed by atoms with E-state index in [4.69, 9.17) is 11.6 Å². The van der Waals surface area contributed by atoms with Gasteiger partial charge in [0.25, 0.3) is 5.91 Å². The first kappa shape index (κ1) is 20.9. The van der Waals surface area contributed by atoms with E-state index in [-0.39, 0.29) is 12.2 Å². The van der Waals surface area contributed by atoms with Crippen LogP contribution in [0.3, 0.4) is 0 Å². The number of halogens is 1. The second kappa shape index (κ2) is 9.52. The topological polar surface area (TPSA) is 57.6 Å². The van der Waals surface area contributed by atoms with E-state index in [0.29, 0.717) is 22.8 Å². The maximum absolute atomic E-state index is 12.9. The number of rotatable bonds is 11. The Labute approximate surface area is 161 Å². The highest BCUT2D eigenvalue weighted by Gasteiger charge is 2.50. The number of hydrogen-bond acceptors (Lipinski definition) is 3. The molecule has 26 heavy (non-hydrogen) atoms. The van der Waals surface area contributed by atoms with E-state index in [1.165, 1.54) is 39.0 Å². The van der Waals surface area contributed by atoms with Crippen molar-refractivity contribution in [3.05, 3.63) is 28.8 Å². The number of carbonyl (C=O) groups excluding carboxylic acids is 2. The summed E-state index contributed by atoms with van der Waals surface area (Å²) in [5.41, 5.74) is -0.776. The van der Waals surface area contributed by atoms with Crippen molar-refractivity contribution in [3.63, 3.8) is 0 Å². The summed E-state index contributed by atoms with van der Waals surface area (Å²) in [5, 5.41) is 11.4. The first-order valence-electron chi connectivity index (χ1n) is 9.74. The zero-order valence-corrected chi connectivity index (χ0v) is 16.6. The monoisotopic (exact) mass is 379 g/mol. The molecule has 1 atom stereocenters. The van der Waals surface area contributed by atoms with Gasteiger partial charge in [-0.15, -0.1) is 0 Å². The van der Waals surface area contributed by atoms with E-state index >= 15 is 0 Å². The maximum atomic E-state index is 12.9. The molecule has 0 aliphatic carbocycles. The molecule has 1 amide bonds. The number of hydrogen-bond donors (Lipinski definition) is 1. The Kier molecular flexibility index (Phi) is 7.66. The lowest BCUT2D eigenvalue weighted by molar-refractivity contribution is -0.141. The number of benzene rings is 1. The van der Waals surface area contributed by atoms with Gasteiger partial charge in [0.1, 0.15) is 5.78 Å². The second-order valence-corrected chi connectivity index (χ2v) is 7.71. The molecular weight excluding hydrogens is 350 g/mol. The number of anilines is 1. The Balaban J connectivity index is 1.99. The average molecular weight is 380 g/mol. The third-order valence-electron chi connectivity index (χ3n) is 5.04. The average Bonchev–Trinajstić information content (AvgIpc) is 2.79. The molecule has 0 fully saturated rings. The quantitative estimate of drug-likeness (QED) is 0.551. The fourth-order valence-corrected chi connectivity index (χ4v) is 3.99. The fourth-order valence-electron chi connectivity index (χ4n) is 3.71. The number of para-hydroxylation sites is 1. The van der Waals surface area contributed by atoms with Gasteiger partial charge in [0.2, 0.25) is 0 Å². The van der Waals surface area contributed by atoms with Gasteiger partial charge >= 0.3 is 0 Å². The van der Waals surface area contributed by atoms with Crippen molar-refractivity contribution in [2.75, 3.05) is 11.4 Å². The number of nitrogens with zero attached hydrogens (tertiary/aromatic N) is 1. The lowest BCUT2D eigenvalue weighted by Gasteiger charge is -2.22. The molecule has 0 radical (unpaired) electrons. The van der Waals surface area contributed by atoms with Crippen molar-refractivity contribution in [3.8, 4) is 0 Å². The number of ketones is 1. The molecule has 1 unspecified atom stereocenters. The van der Waals surface area contributed by atoms with Crippen LogP contribution in [0.1, 0.15) is 77.2 Å². The van der Waals surface area contributed by atoms with Crippen LogP contribution in [0.2, 0.25) is 5.02 Å². The molecule has 0 spiro atoms. The molecule has 1 aromatic rings. The highest BCUT2D eigenvalue weighted by atomic mass is 35.5. The summed E-state index contributed by atoms with van der Waals surface area (Å²) in [6, 6.07) is 5.11. The van der Waals surface area contributed by atoms with Gasteiger partial charge in [0.15, 0.2) is 5.60 Å². The number of fused-ring (bicyclic) bond motifs is 1. The highest BCUT2D eigenvalue weighted by Crippen LogP contribution is 2.46. The molecule has 144 valence electrons. The van der Waals surface area contributed by atoms with Crippen molar-refractivity contribution < 1.29 is 14.7 Å². The molecular formula is C21H30ClNO3. The van der Waals surface area contributed by atoms with Crippen LogP contribution in [-0.4, -0.2) is 23.3 Å². The number of aliphatic hydroxyl groups is 1. The van der Waals surface area contributed by atoms with E-state index in [2.05, 4.69) is 6.92 Å². The highest BCUT2D eigenvalue weighted by molar-refractivity contribution is 6.35. The number of Topliss-reactive ketones (excluding diaryl/α,β-unsaturated/α-hetero) is 1. The van der Waals surface area contributed by atoms with Crippen molar-refractivity contribution in [1.82, 2.24) is 0 Å². The van der Waals surface area contributed by atoms with E-state index in [1.54, 1.807) is 23.1 Å². The van der Waals surface area contributed by atoms with Crippen LogP contribution >= 0.6 is 11.6 Å². The zero-order chi connectivity index (χ0) is 19.2. The third kappa shape index (κ3) is 4.66. The molecule has 1 heterocycles. The standard InChI is InChI=1S/C21H30ClNO3/c1-3-4-5-6-7-8-9-10-14-23-19-17(12-11-13-18(19)22)21(26,20(23)25)15-16(2)24/h11-13,26H,3-10,14-15H2,1-2H3. The predicted molar refractivity (Wildman–Crippen MR) is 106 cm³/mol. The summed E-state index contributed by atoms with van der Waals surface area (Å²) < 4.78 is 0. The molecule has 4 nitrogen and oxygen atoms in total. The Hall–Kier alpha value is -1.39. The van der Waals surface area contributed by atoms with Crippen LogP contribution in [-0.2, 0) is 15.2 Å². The van der Waals surface area contributed by atoms with Crippen molar-refractivity contribution >= 4 is 29.0 Å². The molecule has 0 saturated heterocycles. The van der Waals surface area contributed by atoms with Gasteiger partial charge in [-0.25, -0.2) is 0 Å². The minimum Gasteiger partial charge on any atom is -0.375 e. The van der Waals surface area contributed by atoms with Gasteiger partial charge in [-0.3, -0.25) is 9.59 Å². The molecule has 0 aromatic heterocycles. The van der Waals surface area contributed by atoms with Gasteiger partial charge in [-0.2, -0.15) is 0 Å².